The van der Waals surface area contributed by atoms with Crippen LogP contribution in [-0.2, 0) is 4.74 Å². The molecule has 0 spiro atoms. The van der Waals surface area contributed by atoms with E-state index in [9.17, 15) is 0 Å². The lowest BCUT2D eigenvalue weighted by molar-refractivity contribution is 0.0388. The van der Waals surface area contributed by atoms with Crippen molar-refractivity contribution in [1.29, 1.82) is 0 Å². The molecular weight excluding hydrogens is 338 g/mol. The lowest BCUT2D eigenvalue weighted by atomic mass is 10.2. The van der Waals surface area contributed by atoms with Crippen molar-refractivity contribution in [2.45, 2.75) is 25.2 Å². The van der Waals surface area contributed by atoms with E-state index < -0.39 is 0 Å². The second-order valence-electron chi connectivity index (χ2n) is 7.53. The number of rotatable bonds is 6. The summed E-state index contributed by atoms with van der Waals surface area (Å²) in [5, 5.41) is 0. The number of ether oxygens (including phenoxy) is 1. The molecule has 3 aromatic heterocycles. The molecule has 1 aliphatic carbocycles. The Morgan fingerprint density at radius 3 is 2.96 bits per heavy atom. The number of morpholine rings is 1. The molecule has 5 rings (SSSR count). The van der Waals surface area contributed by atoms with Crippen LogP contribution in [0.25, 0.3) is 28.0 Å². The molecule has 3 aromatic rings. The van der Waals surface area contributed by atoms with Gasteiger partial charge in [-0.2, -0.15) is 0 Å². The van der Waals surface area contributed by atoms with E-state index in [0.29, 0.717) is 5.92 Å². The van der Waals surface area contributed by atoms with Gasteiger partial charge in [-0.1, -0.05) is 6.58 Å². The molecule has 27 heavy (non-hydrogen) atoms. The van der Waals surface area contributed by atoms with Gasteiger partial charge < -0.3 is 14.3 Å². The molecule has 6 heteroatoms. The number of aromatic amines is 1. The van der Waals surface area contributed by atoms with Crippen molar-refractivity contribution in [3.05, 3.63) is 43.1 Å². The third-order valence-corrected chi connectivity index (χ3v) is 5.53. The highest BCUT2D eigenvalue weighted by Crippen LogP contribution is 2.41. The van der Waals surface area contributed by atoms with Gasteiger partial charge in [-0.3, -0.25) is 9.88 Å². The van der Waals surface area contributed by atoms with Crippen molar-refractivity contribution in [3.63, 3.8) is 0 Å². The number of hydrogen-bond donors (Lipinski definition) is 1. The Bertz CT molecular complexity index is 962. The summed E-state index contributed by atoms with van der Waals surface area (Å²) in [5.74, 6) is 1.73. The van der Waals surface area contributed by atoms with Crippen LogP contribution < -0.4 is 0 Å². The van der Waals surface area contributed by atoms with Gasteiger partial charge in [-0.25, -0.2) is 4.98 Å². The van der Waals surface area contributed by atoms with E-state index in [1.54, 1.807) is 0 Å². The van der Waals surface area contributed by atoms with Gasteiger partial charge in [0.1, 0.15) is 5.82 Å². The zero-order valence-electron chi connectivity index (χ0n) is 15.5. The molecule has 1 saturated heterocycles. The molecule has 140 valence electrons. The highest BCUT2D eigenvalue weighted by molar-refractivity contribution is 5.79. The maximum atomic E-state index is 5.44. The van der Waals surface area contributed by atoms with Gasteiger partial charge in [0.05, 0.1) is 29.9 Å². The van der Waals surface area contributed by atoms with Gasteiger partial charge in [0.25, 0.3) is 0 Å². The lowest BCUT2D eigenvalue weighted by Gasteiger charge is -2.27. The van der Waals surface area contributed by atoms with Gasteiger partial charge in [-0.05, 0) is 25.0 Å². The first kappa shape index (κ1) is 16.7. The van der Waals surface area contributed by atoms with Gasteiger partial charge >= 0.3 is 0 Å². The van der Waals surface area contributed by atoms with Crippen LogP contribution >= 0.6 is 0 Å². The van der Waals surface area contributed by atoms with Crippen LogP contribution in [0.3, 0.4) is 0 Å². The number of hydrogen-bond acceptors (Lipinski definition) is 4. The Morgan fingerprint density at radius 1 is 1.30 bits per heavy atom. The summed E-state index contributed by atoms with van der Waals surface area (Å²) >= 11 is 0. The van der Waals surface area contributed by atoms with Gasteiger partial charge in [0.15, 0.2) is 0 Å². The maximum absolute atomic E-state index is 5.44. The van der Waals surface area contributed by atoms with Crippen LogP contribution in [-0.4, -0.2) is 57.3 Å². The van der Waals surface area contributed by atoms with Crippen LogP contribution in [0.2, 0.25) is 0 Å². The number of pyridine rings is 1. The minimum Gasteiger partial charge on any atom is -0.379 e. The standard InChI is InChI=1S/C21H25N5O/c1-15(5-7-25-8-10-27-11-9-25)26-14-20(24-21(26)16-2-3-16)17-12-19-18(23-13-17)4-6-22-19/h4,6,12-14,16,22H,1-3,5,7-11H2. The van der Waals surface area contributed by atoms with Gasteiger partial charge in [0.2, 0.25) is 0 Å². The Labute approximate surface area is 158 Å². The molecule has 0 aromatic carbocycles. The first-order chi connectivity index (χ1) is 13.3. The van der Waals surface area contributed by atoms with Gasteiger partial charge in [-0.15, -0.1) is 0 Å². The van der Waals surface area contributed by atoms with Gasteiger partial charge in [0, 0.05) is 61.8 Å². The van der Waals surface area contributed by atoms with E-state index in [-0.39, 0.29) is 0 Å². The van der Waals surface area contributed by atoms with Crippen molar-refractivity contribution in [3.8, 4) is 11.3 Å². The molecule has 4 heterocycles. The number of nitrogens with one attached hydrogen (secondary N) is 1. The molecule has 2 fully saturated rings. The zero-order valence-corrected chi connectivity index (χ0v) is 15.5. The van der Waals surface area contributed by atoms with Crippen molar-refractivity contribution in [2.24, 2.45) is 0 Å². The van der Waals surface area contributed by atoms with Crippen LogP contribution in [0.1, 0.15) is 31.0 Å². The minimum atomic E-state index is 0.570. The number of imidazole rings is 1. The van der Waals surface area contributed by atoms with Crippen molar-refractivity contribution >= 4 is 16.7 Å². The highest BCUT2D eigenvalue weighted by atomic mass is 16.5. The lowest BCUT2D eigenvalue weighted by Crippen LogP contribution is -2.37. The average molecular weight is 363 g/mol. The predicted octanol–water partition coefficient (Wildman–Crippen LogP) is 3.50. The van der Waals surface area contributed by atoms with E-state index in [2.05, 4.69) is 38.3 Å². The summed E-state index contributed by atoms with van der Waals surface area (Å²) in [6.45, 7) is 9.10. The van der Waals surface area contributed by atoms with Crippen molar-refractivity contribution < 1.29 is 4.74 Å². The molecule has 6 nitrogen and oxygen atoms in total. The second-order valence-corrected chi connectivity index (χ2v) is 7.53. The number of aromatic nitrogens is 4. The van der Waals surface area contributed by atoms with Crippen LogP contribution in [0.15, 0.2) is 37.3 Å². The molecule has 1 N–H and O–H groups in total. The summed E-state index contributed by atoms with van der Waals surface area (Å²) in [4.78, 5) is 15.2. The zero-order chi connectivity index (χ0) is 18.2. The Hall–Kier alpha value is -2.44. The van der Waals surface area contributed by atoms with E-state index in [4.69, 9.17) is 9.72 Å². The van der Waals surface area contributed by atoms with Crippen molar-refractivity contribution in [2.75, 3.05) is 32.8 Å². The smallest absolute Gasteiger partial charge is 0.116 e. The van der Waals surface area contributed by atoms with Crippen LogP contribution in [0.4, 0.5) is 0 Å². The molecule has 0 atom stereocenters. The number of nitrogens with zero attached hydrogens (tertiary/aromatic N) is 4. The summed E-state index contributed by atoms with van der Waals surface area (Å²) in [6.07, 6.45) is 9.37. The fourth-order valence-corrected chi connectivity index (χ4v) is 3.72. The molecule has 0 bridgehead atoms. The molecule has 0 unspecified atom stereocenters. The van der Waals surface area contributed by atoms with Crippen LogP contribution in [0.5, 0.6) is 0 Å². The number of fused-ring (bicyclic) bond motifs is 1. The Kier molecular flexibility index (Phi) is 4.30. The summed E-state index contributed by atoms with van der Waals surface area (Å²) in [7, 11) is 0. The van der Waals surface area contributed by atoms with Crippen molar-refractivity contribution in [1.82, 2.24) is 24.4 Å². The summed E-state index contributed by atoms with van der Waals surface area (Å²) in [6, 6.07) is 4.11. The molecule has 1 aliphatic heterocycles. The summed E-state index contributed by atoms with van der Waals surface area (Å²) in [5.41, 5.74) is 5.17. The van der Waals surface area contributed by atoms with E-state index in [0.717, 1.165) is 73.1 Å². The molecule has 0 radical (unpaired) electrons. The third kappa shape index (κ3) is 3.42. The largest absolute Gasteiger partial charge is 0.379 e. The third-order valence-electron chi connectivity index (χ3n) is 5.53. The molecule has 0 amide bonds. The SMILES string of the molecule is C=C(CCN1CCOCC1)n1cc(-c2cnc3cc[nH]c3c2)nc1C1CC1. The second kappa shape index (κ2) is 6.94. The van der Waals surface area contributed by atoms with E-state index >= 15 is 0 Å². The molecule has 1 saturated carbocycles. The fourth-order valence-electron chi connectivity index (χ4n) is 3.72. The Balaban J connectivity index is 1.39. The minimum absolute atomic E-state index is 0.570. The van der Waals surface area contributed by atoms with E-state index in [1.165, 1.54) is 12.8 Å². The normalized spacial score (nSPS) is 18.2. The Morgan fingerprint density at radius 2 is 2.15 bits per heavy atom. The quantitative estimate of drug-likeness (QED) is 0.728. The first-order valence-electron chi connectivity index (χ1n) is 9.79. The maximum Gasteiger partial charge on any atom is 0.116 e. The first-order valence-corrected chi connectivity index (χ1v) is 9.79. The fraction of sp³-hybridized carbons (Fsp3) is 0.429. The van der Waals surface area contributed by atoms with E-state index in [1.807, 2.05) is 18.5 Å². The summed E-state index contributed by atoms with van der Waals surface area (Å²) < 4.78 is 7.67. The average Bonchev–Trinajstić information content (AvgIpc) is 3.27. The predicted molar refractivity (Wildman–Crippen MR) is 106 cm³/mol. The highest BCUT2D eigenvalue weighted by Gasteiger charge is 2.30. The molecular formula is C21H25N5O. The monoisotopic (exact) mass is 363 g/mol. The van der Waals surface area contributed by atoms with Crippen LogP contribution in [0, 0.1) is 0 Å². The number of H-pyrrole nitrogens is 1. The molecule has 2 aliphatic rings. The topological polar surface area (TPSA) is 59.0 Å².